The van der Waals surface area contributed by atoms with Crippen molar-refractivity contribution in [3.05, 3.63) is 50.3 Å². The SMILES string of the molecule is O=c1c(=O)n2c(nn1CC1CCC1)[C@H]1CN(Cc3ccc4c(c3)OCO4)C[C@@H]1C2. The van der Waals surface area contributed by atoms with Crippen LogP contribution in [0.25, 0.3) is 0 Å². The van der Waals surface area contributed by atoms with Crippen LogP contribution in [-0.4, -0.2) is 39.1 Å². The zero-order valence-corrected chi connectivity index (χ0v) is 16.2. The van der Waals surface area contributed by atoms with Gasteiger partial charge in [0.25, 0.3) is 0 Å². The van der Waals surface area contributed by atoms with Gasteiger partial charge in [0, 0.05) is 44.6 Å². The molecule has 1 saturated carbocycles. The van der Waals surface area contributed by atoms with Gasteiger partial charge < -0.3 is 9.47 Å². The molecule has 1 saturated heterocycles. The van der Waals surface area contributed by atoms with Crippen LogP contribution in [0.15, 0.2) is 27.8 Å². The normalized spacial score (nSPS) is 25.1. The van der Waals surface area contributed by atoms with Crippen LogP contribution in [0.5, 0.6) is 11.5 Å². The highest BCUT2D eigenvalue weighted by atomic mass is 16.7. The first-order valence-corrected chi connectivity index (χ1v) is 10.5. The molecule has 8 nitrogen and oxygen atoms in total. The van der Waals surface area contributed by atoms with E-state index in [1.54, 1.807) is 4.57 Å². The van der Waals surface area contributed by atoms with E-state index in [2.05, 4.69) is 16.1 Å². The third-order valence-electron chi connectivity index (χ3n) is 6.93. The molecule has 2 atom stereocenters. The maximum Gasteiger partial charge on any atom is 0.332 e. The van der Waals surface area contributed by atoms with Gasteiger partial charge in [0.1, 0.15) is 5.82 Å². The molecule has 0 radical (unpaired) electrons. The van der Waals surface area contributed by atoms with E-state index in [9.17, 15) is 9.59 Å². The lowest BCUT2D eigenvalue weighted by Crippen LogP contribution is -2.45. The second-order valence-corrected chi connectivity index (χ2v) is 8.81. The molecule has 2 aromatic rings. The van der Waals surface area contributed by atoms with E-state index in [1.165, 1.54) is 16.7 Å². The summed E-state index contributed by atoms with van der Waals surface area (Å²) in [6, 6.07) is 6.09. The Morgan fingerprint density at radius 1 is 1.03 bits per heavy atom. The Bertz CT molecular complexity index is 1090. The first-order valence-electron chi connectivity index (χ1n) is 10.5. The summed E-state index contributed by atoms with van der Waals surface area (Å²) in [5, 5.41) is 4.67. The molecule has 3 aliphatic heterocycles. The topological polar surface area (TPSA) is 78.6 Å². The van der Waals surface area contributed by atoms with E-state index in [-0.39, 0.29) is 12.7 Å². The molecule has 0 spiro atoms. The number of fused-ring (bicyclic) bond motifs is 4. The van der Waals surface area contributed by atoms with Crippen molar-refractivity contribution in [2.45, 2.75) is 44.8 Å². The lowest BCUT2D eigenvalue weighted by atomic mass is 9.85. The van der Waals surface area contributed by atoms with Crippen LogP contribution in [0, 0.1) is 11.8 Å². The maximum atomic E-state index is 12.6. The van der Waals surface area contributed by atoms with Crippen molar-refractivity contribution >= 4 is 0 Å². The van der Waals surface area contributed by atoms with Crippen LogP contribution in [-0.2, 0) is 19.6 Å². The lowest BCUT2D eigenvalue weighted by Gasteiger charge is -2.25. The molecule has 1 aliphatic carbocycles. The fourth-order valence-electron chi connectivity index (χ4n) is 5.15. The van der Waals surface area contributed by atoms with E-state index in [0.29, 0.717) is 24.9 Å². The van der Waals surface area contributed by atoms with Crippen molar-refractivity contribution in [1.29, 1.82) is 0 Å². The summed E-state index contributed by atoms with van der Waals surface area (Å²) in [4.78, 5) is 27.5. The minimum absolute atomic E-state index is 0.213. The largest absolute Gasteiger partial charge is 0.454 e. The number of likely N-dealkylation sites (tertiary alicyclic amines) is 1. The zero-order valence-electron chi connectivity index (χ0n) is 16.2. The standard InChI is InChI=1S/C21H24N4O4/c26-20-21(27)25(8-13-2-1-3-13)22-19-16-11-23(9-15(16)10-24(19)20)7-14-4-5-17-18(6-14)29-12-28-17/h4-6,13,15-16H,1-3,7-12H2/t15-,16+/m1/s1. The molecule has 2 fully saturated rings. The minimum Gasteiger partial charge on any atom is -0.454 e. The zero-order chi connectivity index (χ0) is 19.5. The number of benzene rings is 1. The quantitative estimate of drug-likeness (QED) is 0.722. The molecule has 29 heavy (non-hydrogen) atoms. The van der Waals surface area contributed by atoms with Gasteiger partial charge >= 0.3 is 11.1 Å². The predicted molar refractivity (Wildman–Crippen MR) is 104 cm³/mol. The lowest BCUT2D eigenvalue weighted by molar-refractivity contribution is 0.174. The Kier molecular flexibility index (Phi) is 3.84. The molecule has 0 amide bonds. The maximum absolute atomic E-state index is 12.6. The molecule has 4 aliphatic rings. The smallest absolute Gasteiger partial charge is 0.332 e. The van der Waals surface area contributed by atoms with Crippen LogP contribution < -0.4 is 20.6 Å². The highest BCUT2D eigenvalue weighted by Crippen LogP contribution is 2.39. The van der Waals surface area contributed by atoms with Gasteiger partial charge in [0.2, 0.25) is 6.79 Å². The van der Waals surface area contributed by atoms with Crippen LogP contribution >= 0.6 is 0 Å². The van der Waals surface area contributed by atoms with Gasteiger partial charge in [0.15, 0.2) is 11.5 Å². The Hall–Kier alpha value is -2.61. The summed E-state index contributed by atoms with van der Waals surface area (Å²) in [6.45, 7) is 4.05. The van der Waals surface area contributed by atoms with Crippen molar-refractivity contribution in [2.24, 2.45) is 11.8 Å². The minimum atomic E-state index is -0.460. The van der Waals surface area contributed by atoms with Gasteiger partial charge in [-0.3, -0.25) is 19.1 Å². The number of hydrogen-bond donors (Lipinski definition) is 0. The Morgan fingerprint density at radius 2 is 1.90 bits per heavy atom. The van der Waals surface area contributed by atoms with E-state index >= 15 is 0 Å². The first-order chi connectivity index (χ1) is 14.2. The van der Waals surface area contributed by atoms with Crippen LogP contribution in [0.2, 0.25) is 0 Å². The van der Waals surface area contributed by atoms with Gasteiger partial charge in [-0.2, -0.15) is 5.10 Å². The second kappa shape index (κ2) is 6.45. The Balaban J connectivity index is 1.23. The molecule has 0 bridgehead atoms. The summed E-state index contributed by atoms with van der Waals surface area (Å²) in [7, 11) is 0. The summed E-state index contributed by atoms with van der Waals surface area (Å²) in [6.07, 6.45) is 3.46. The van der Waals surface area contributed by atoms with Crippen LogP contribution in [0.3, 0.4) is 0 Å². The summed E-state index contributed by atoms with van der Waals surface area (Å²) in [5.41, 5.74) is 0.332. The number of nitrogens with zero attached hydrogens (tertiary/aromatic N) is 4. The molecule has 1 aromatic carbocycles. The summed E-state index contributed by atoms with van der Waals surface area (Å²) in [5.74, 6) is 3.45. The van der Waals surface area contributed by atoms with Crippen molar-refractivity contribution in [2.75, 3.05) is 19.9 Å². The molecule has 152 valence electrons. The van der Waals surface area contributed by atoms with Crippen LogP contribution in [0.1, 0.15) is 36.6 Å². The van der Waals surface area contributed by atoms with Gasteiger partial charge in [-0.1, -0.05) is 12.5 Å². The number of hydrogen-bond acceptors (Lipinski definition) is 6. The third-order valence-corrected chi connectivity index (χ3v) is 6.93. The van der Waals surface area contributed by atoms with Crippen molar-refractivity contribution in [1.82, 2.24) is 19.2 Å². The Labute approximate surface area is 167 Å². The van der Waals surface area contributed by atoms with E-state index < -0.39 is 11.1 Å². The van der Waals surface area contributed by atoms with Gasteiger partial charge in [-0.05, 0) is 36.5 Å². The van der Waals surface area contributed by atoms with E-state index in [1.807, 2.05) is 12.1 Å². The number of aromatic nitrogens is 3. The molecular weight excluding hydrogens is 372 g/mol. The molecule has 4 heterocycles. The molecule has 0 N–H and O–H groups in total. The fraction of sp³-hybridized carbons (Fsp3) is 0.571. The van der Waals surface area contributed by atoms with Crippen LogP contribution in [0.4, 0.5) is 0 Å². The molecule has 8 heteroatoms. The average Bonchev–Trinajstić information content (AvgIpc) is 3.36. The first kappa shape index (κ1) is 17.3. The highest BCUT2D eigenvalue weighted by Gasteiger charge is 2.42. The molecule has 6 rings (SSSR count). The third kappa shape index (κ3) is 2.80. The Morgan fingerprint density at radius 3 is 2.72 bits per heavy atom. The predicted octanol–water partition coefficient (Wildman–Crippen LogP) is 1.16. The monoisotopic (exact) mass is 396 g/mol. The number of rotatable bonds is 4. The average molecular weight is 396 g/mol. The fourth-order valence-corrected chi connectivity index (χ4v) is 5.15. The van der Waals surface area contributed by atoms with Crippen molar-refractivity contribution < 1.29 is 9.47 Å². The second-order valence-electron chi connectivity index (χ2n) is 8.81. The highest BCUT2D eigenvalue weighted by molar-refractivity contribution is 5.44. The molecule has 1 aromatic heterocycles. The molecular formula is C21H24N4O4. The van der Waals surface area contributed by atoms with Crippen molar-refractivity contribution in [3.8, 4) is 11.5 Å². The van der Waals surface area contributed by atoms with E-state index in [4.69, 9.17) is 9.47 Å². The number of ether oxygens (including phenoxy) is 2. The summed E-state index contributed by atoms with van der Waals surface area (Å²) >= 11 is 0. The van der Waals surface area contributed by atoms with Gasteiger partial charge in [-0.25, -0.2) is 4.68 Å². The summed E-state index contributed by atoms with van der Waals surface area (Å²) < 4.78 is 14.0. The van der Waals surface area contributed by atoms with Gasteiger partial charge in [0.05, 0.1) is 0 Å². The van der Waals surface area contributed by atoms with E-state index in [0.717, 1.165) is 49.8 Å². The molecule has 0 unspecified atom stereocenters. The van der Waals surface area contributed by atoms with Crippen molar-refractivity contribution in [3.63, 3.8) is 0 Å². The van der Waals surface area contributed by atoms with Gasteiger partial charge in [-0.15, -0.1) is 0 Å².